The lowest BCUT2D eigenvalue weighted by Gasteiger charge is -2.13. The zero-order valence-corrected chi connectivity index (χ0v) is 10.3. The number of rotatable bonds is 2. The number of hydrogen-bond donors (Lipinski definition) is 3. The average molecular weight is 251 g/mol. The summed E-state index contributed by atoms with van der Waals surface area (Å²) < 4.78 is 11.0. The van der Waals surface area contributed by atoms with Crippen LogP contribution in [0.1, 0.15) is 13.3 Å². The molecule has 4 N–H and O–H groups in total. The number of nitrogens with one attached hydrogen (secondary N) is 2. The minimum absolute atomic E-state index is 0.293. The molecule has 1 aliphatic rings. The molecule has 0 saturated heterocycles. The molecule has 0 spiro atoms. The zero-order chi connectivity index (χ0) is 13.0. The van der Waals surface area contributed by atoms with Crippen LogP contribution in [0.2, 0.25) is 0 Å². The van der Waals surface area contributed by atoms with Gasteiger partial charge < -0.3 is 25.8 Å². The monoisotopic (exact) mass is 251 g/mol. The summed E-state index contributed by atoms with van der Waals surface area (Å²) in [5.74, 6) is 1.22. The molecule has 0 fully saturated rings. The van der Waals surface area contributed by atoms with Crippen LogP contribution >= 0.6 is 0 Å². The maximum absolute atomic E-state index is 11.5. The van der Waals surface area contributed by atoms with E-state index in [2.05, 4.69) is 10.6 Å². The summed E-state index contributed by atoms with van der Waals surface area (Å²) in [5.41, 5.74) is 6.83. The molecule has 0 aliphatic carbocycles. The number of fused-ring (bicyclic) bond motifs is 1. The van der Waals surface area contributed by atoms with E-state index in [-0.39, 0.29) is 6.03 Å². The largest absolute Gasteiger partial charge is 0.489 e. The fourth-order valence-electron chi connectivity index (χ4n) is 1.66. The van der Waals surface area contributed by atoms with Crippen molar-refractivity contribution in [3.63, 3.8) is 0 Å². The molecule has 0 radical (unpaired) electrons. The normalized spacial score (nSPS) is 13.6. The Hall–Kier alpha value is -2.11. The molecule has 0 atom stereocenters. The highest BCUT2D eigenvalue weighted by atomic mass is 16.5. The molecule has 0 saturated carbocycles. The number of carbonyl (C=O) groups excluding carboxylic acids is 1. The summed E-state index contributed by atoms with van der Waals surface area (Å²) in [6, 6.07) is 3.06. The second-order valence-electron chi connectivity index (χ2n) is 3.92. The van der Waals surface area contributed by atoms with E-state index >= 15 is 0 Å². The molecule has 98 valence electrons. The summed E-state index contributed by atoms with van der Waals surface area (Å²) in [4.78, 5) is 11.5. The summed E-state index contributed by atoms with van der Waals surface area (Å²) in [7, 11) is 0. The van der Waals surface area contributed by atoms with Crippen molar-refractivity contribution in [2.45, 2.75) is 13.3 Å². The van der Waals surface area contributed by atoms with Crippen LogP contribution in [-0.2, 0) is 0 Å². The first kappa shape index (κ1) is 12.3. The second kappa shape index (κ2) is 5.48. The van der Waals surface area contributed by atoms with Crippen molar-refractivity contribution in [3.05, 3.63) is 12.1 Å². The van der Waals surface area contributed by atoms with Gasteiger partial charge in [-0.1, -0.05) is 0 Å². The Labute approximate surface area is 105 Å². The van der Waals surface area contributed by atoms with E-state index in [4.69, 9.17) is 15.2 Å². The van der Waals surface area contributed by atoms with E-state index in [0.717, 1.165) is 6.42 Å². The minimum atomic E-state index is -0.293. The third-order valence-corrected chi connectivity index (χ3v) is 2.51. The first-order valence-electron chi connectivity index (χ1n) is 5.94. The number of nitrogens with two attached hydrogens (primary N) is 1. The quantitative estimate of drug-likeness (QED) is 0.696. The number of anilines is 2. The Morgan fingerprint density at radius 1 is 1.33 bits per heavy atom. The lowest BCUT2D eigenvalue weighted by molar-refractivity contribution is 0.252. The smallest absolute Gasteiger partial charge is 0.319 e. The zero-order valence-electron chi connectivity index (χ0n) is 10.3. The average Bonchev–Trinajstić information content (AvgIpc) is 2.55. The molecule has 1 heterocycles. The summed E-state index contributed by atoms with van der Waals surface area (Å²) in [6.07, 6.45) is 0.827. The molecule has 0 unspecified atom stereocenters. The van der Waals surface area contributed by atoms with Crippen molar-refractivity contribution in [1.82, 2.24) is 5.32 Å². The Kier molecular flexibility index (Phi) is 3.76. The molecule has 0 aromatic heterocycles. The first-order valence-corrected chi connectivity index (χ1v) is 5.94. The van der Waals surface area contributed by atoms with Crippen LogP contribution in [0.25, 0.3) is 0 Å². The van der Waals surface area contributed by atoms with Crippen molar-refractivity contribution in [2.75, 3.05) is 30.8 Å². The standard InChI is InChI=1S/C12H17N3O3/c1-2-14-12(16)15-9-7-11-10(6-8(9)13)17-4-3-5-18-11/h6-7H,2-5,13H2,1H3,(H2,14,15,16). The van der Waals surface area contributed by atoms with Gasteiger partial charge >= 0.3 is 6.03 Å². The molecule has 0 bridgehead atoms. The molecule has 6 nitrogen and oxygen atoms in total. The molecule has 6 heteroatoms. The molecular formula is C12H17N3O3. The highest BCUT2D eigenvalue weighted by Gasteiger charge is 2.14. The van der Waals surface area contributed by atoms with Crippen molar-refractivity contribution < 1.29 is 14.3 Å². The van der Waals surface area contributed by atoms with E-state index in [1.54, 1.807) is 12.1 Å². The molecule has 1 aliphatic heterocycles. The van der Waals surface area contributed by atoms with Crippen molar-refractivity contribution in [2.24, 2.45) is 0 Å². The topological polar surface area (TPSA) is 85.6 Å². The predicted octanol–water partition coefficient (Wildman–Crippen LogP) is 1.57. The Balaban J connectivity index is 2.21. The van der Waals surface area contributed by atoms with Gasteiger partial charge in [0, 0.05) is 25.1 Å². The van der Waals surface area contributed by atoms with Gasteiger partial charge in [-0.3, -0.25) is 0 Å². The number of carbonyl (C=O) groups is 1. The van der Waals surface area contributed by atoms with Gasteiger partial charge in [0.2, 0.25) is 0 Å². The fourth-order valence-corrected chi connectivity index (χ4v) is 1.66. The van der Waals surface area contributed by atoms with Crippen molar-refractivity contribution in [1.29, 1.82) is 0 Å². The van der Waals surface area contributed by atoms with Gasteiger partial charge in [-0.25, -0.2) is 4.79 Å². The van der Waals surface area contributed by atoms with Gasteiger partial charge in [-0.2, -0.15) is 0 Å². The lowest BCUT2D eigenvalue weighted by Crippen LogP contribution is -2.28. The third-order valence-electron chi connectivity index (χ3n) is 2.51. The van der Waals surface area contributed by atoms with E-state index in [9.17, 15) is 4.79 Å². The molecule has 2 rings (SSSR count). The van der Waals surface area contributed by atoms with Gasteiger partial charge in [0.05, 0.1) is 24.6 Å². The van der Waals surface area contributed by atoms with Gasteiger partial charge in [0.25, 0.3) is 0 Å². The van der Waals surface area contributed by atoms with Crippen molar-refractivity contribution in [3.8, 4) is 11.5 Å². The SMILES string of the molecule is CCNC(=O)Nc1cc2c(cc1N)OCCCO2. The lowest BCUT2D eigenvalue weighted by atomic mass is 10.2. The summed E-state index contributed by atoms with van der Waals surface area (Å²) >= 11 is 0. The number of benzene rings is 1. The summed E-state index contributed by atoms with van der Waals surface area (Å²) in [5, 5.41) is 5.31. The van der Waals surface area contributed by atoms with Crippen LogP contribution in [0.4, 0.5) is 16.2 Å². The third kappa shape index (κ3) is 2.77. The van der Waals surface area contributed by atoms with E-state index in [0.29, 0.717) is 42.6 Å². The van der Waals surface area contributed by atoms with Gasteiger partial charge in [-0.05, 0) is 6.92 Å². The van der Waals surface area contributed by atoms with Crippen LogP contribution in [-0.4, -0.2) is 25.8 Å². The molecule has 2 amide bonds. The summed E-state index contributed by atoms with van der Waals surface area (Å²) in [6.45, 7) is 3.60. The maximum Gasteiger partial charge on any atom is 0.319 e. The van der Waals surface area contributed by atoms with Crippen LogP contribution in [0.3, 0.4) is 0 Å². The number of ether oxygens (including phenoxy) is 2. The highest BCUT2D eigenvalue weighted by Crippen LogP contribution is 2.36. The van der Waals surface area contributed by atoms with Crippen molar-refractivity contribution >= 4 is 17.4 Å². The second-order valence-corrected chi connectivity index (χ2v) is 3.92. The van der Waals surface area contributed by atoms with Crippen LogP contribution in [0, 0.1) is 0 Å². The highest BCUT2D eigenvalue weighted by molar-refractivity contribution is 5.93. The minimum Gasteiger partial charge on any atom is -0.489 e. The molecule has 18 heavy (non-hydrogen) atoms. The Morgan fingerprint density at radius 3 is 2.67 bits per heavy atom. The maximum atomic E-state index is 11.5. The number of urea groups is 1. The number of nitrogen functional groups attached to an aromatic ring is 1. The fraction of sp³-hybridized carbons (Fsp3) is 0.417. The van der Waals surface area contributed by atoms with Gasteiger partial charge in [0.15, 0.2) is 11.5 Å². The molecular weight excluding hydrogens is 234 g/mol. The van der Waals surface area contributed by atoms with E-state index < -0.39 is 0 Å². The Morgan fingerprint density at radius 2 is 2.00 bits per heavy atom. The van der Waals surface area contributed by atoms with Crippen LogP contribution in [0.15, 0.2) is 12.1 Å². The van der Waals surface area contributed by atoms with Gasteiger partial charge in [0.1, 0.15) is 0 Å². The number of hydrogen-bond acceptors (Lipinski definition) is 4. The molecule has 1 aromatic rings. The van der Waals surface area contributed by atoms with Crippen LogP contribution in [0.5, 0.6) is 11.5 Å². The predicted molar refractivity (Wildman–Crippen MR) is 69.2 cm³/mol. The first-order chi connectivity index (χ1) is 8.70. The van der Waals surface area contributed by atoms with E-state index in [1.165, 1.54) is 0 Å². The van der Waals surface area contributed by atoms with E-state index in [1.807, 2.05) is 6.92 Å². The van der Waals surface area contributed by atoms with Crippen LogP contribution < -0.4 is 25.8 Å². The Bertz CT molecular complexity index is 448. The van der Waals surface area contributed by atoms with Gasteiger partial charge in [-0.15, -0.1) is 0 Å². The number of amides is 2. The molecule has 1 aromatic carbocycles.